The van der Waals surface area contributed by atoms with Gasteiger partial charge in [-0.05, 0) is 49.8 Å². The number of carboxylic acids is 2. The molecule has 4 N–H and O–H groups in total. The monoisotopic (exact) mass is 475 g/mol. The molecule has 0 aliphatic carbocycles. The molecule has 9 heteroatoms. The molecule has 1 atom stereocenters. The summed E-state index contributed by atoms with van der Waals surface area (Å²) in [5, 5.41) is 24.3. The zero-order valence-electron chi connectivity index (χ0n) is 18.7. The number of quaternary nitrogens is 1. The zero-order chi connectivity index (χ0) is 24.6. The van der Waals surface area contributed by atoms with Gasteiger partial charge < -0.3 is 30.5 Å². The number of nitrogens with one attached hydrogen (secondary N) is 3. The maximum absolute atomic E-state index is 12.8. The molecule has 0 fully saturated rings. The topological polar surface area (TPSA) is 123 Å². The molecule has 1 amide bonds. The molecule has 0 saturated carbocycles. The van der Waals surface area contributed by atoms with E-state index in [4.69, 9.17) is 16.7 Å². The Morgan fingerprint density at radius 3 is 2.12 bits per heavy atom. The Bertz CT molecular complexity index is 884. The van der Waals surface area contributed by atoms with Gasteiger partial charge in [-0.1, -0.05) is 41.9 Å². The Labute approximate surface area is 198 Å². The Kier molecular flexibility index (Phi) is 13.0. The van der Waals surface area contributed by atoms with Gasteiger partial charge in [0.2, 0.25) is 5.91 Å². The van der Waals surface area contributed by atoms with Crippen molar-refractivity contribution < 1.29 is 29.5 Å². The van der Waals surface area contributed by atoms with Crippen molar-refractivity contribution in [3.63, 3.8) is 0 Å². The number of rotatable bonds is 11. The van der Waals surface area contributed by atoms with Crippen LogP contribution in [0.1, 0.15) is 25.5 Å². The van der Waals surface area contributed by atoms with E-state index in [2.05, 4.69) is 24.5 Å². The molecule has 8 nitrogen and oxygen atoms in total. The summed E-state index contributed by atoms with van der Waals surface area (Å²) in [5.74, 6) is -2.82. The first-order valence-electron chi connectivity index (χ1n) is 10.6. The quantitative estimate of drug-likeness (QED) is 0.358. The second-order valence-corrected chi connectivity index (χ2v) is 7.42. The number of amides is 1. The van der Waals surface area contributed by atoms with Crippen molar-refractivity contribution in [2.45, 2.75) is 19.9 Å². The predicted molar refractivity (Wildman–Crippen MR) is 126 cm³/mol. The molecule has 0 bridgehead atoms. The smallest absolute Gasteiger partial charge is 0.328 e. The molecule has 0 spiro atoms. The molecule has 0 aromatic heterocycles. The van der Waals surface area contributed by atoms with Gasteiger partial charge in [0, 0.05) is 16.8 Å². The molecular formula is C24H30ClN3O5. The van der Waals surface area contributed by atoms with Crippen LogP contribution in [0.25, 0.3) is 0 Å². The van der Waals surface area contributed by atoms with Crippen molar-refractivity contribution in [3.05, 3.63) is 77.3 Å². The molecule has 0 saturated heterocycles. The molecule has 0 heterocycles. The number of carbonyl (C=O) groups excluding carboxylic acids is 2. The average Bonchev–Trinajstić information content (AvgIpc) is 2.81. The number of anilines is 1. The summed E-state index contributed by atoms with van der Waals surface area (Å²) in [5.41, 5.74) is 1.80. The van der Waals surface area contributed by atoms with E-state index in [1.807, 2.05) is 54.6 Å². The Morgan fingerprint density at radius 2 is 1.64 bits per heavy atom. The standard InChI is InChI=1S/C20H26ClN3O.C4H4O4/c1-3-24(4-2)15-14-22-20(25)19(16-8-6-5-7-9-16)23-18-12-10-17(21)11-13-18;5-3(6)1-2-4(7)8/h5-13,19,23H,3-4,14-15H2,1-2H3,(H,22,25);1-2H,(H,5,6)(H,7,8)/b;2-1-. The Hall–Kier alpha value is -3.36. The van der Waals surface area contributed by atoms with Crippen molar-refractivity contribution in [2.75, 3.05) is 31.5 Å². The van der Waals surface area contributed by atoms with E-state index in [-0.39, 0.29) is 5.91 Å². The third-order valence-electron chi connectivity index (χ3n) is 4.69. The number of likely N-dealkylation sites (N-methyl/N-ethyl adjacent to an activating group) is 1. The lowest BCUT2D eigenvalue weighted by atomic mass is 10.1. The lowest BCUT2D eigenvalue weighted by molar-refractivity contribution is -0.895. The van der Waals surface area contributed by atoms with E-state index in [0.29, 0.717) is 23.7 Å². The van der Waals surface area contributed by atoms with Gasteiger partial charge in [-0.3, -0.25) is 4.79 Å². The summed E-state index contributed by atoms with van der Waals surface area (Å²) in [4.78, 5) is 33.2. The van der Waals surface area contributed by atoms with Gasteiger partial charge in [0.1, 0.15) is 6.04 Å². The number of benzene rings is 2. The van der Waals surface area contributed by atoms with Gasteiger partial charge in [0.15, 0.2) is 0 Å². The highest BCUT2D eigenvalue weighted by atomic mass is 35.5. The van der Waals surface area contributed by atoms with Gasteiger partial charge in [-0.15, -0.1) is 0 Å². The van der Waals surface area contributed by atoms with E-state index >= 15 is 0 Å². The first kappa shape index (κ1) is 27.7. The van der Waals surface area contributed by atoms with Crippen LogP contribution in [0.3, 0.4) is 0 Å². The van der Waals surface area contributed by atoms with Crippen LogP contribution >= 0.6 is 11.6 Å². The van der Waals surface area contributed by atoms with Crippen molar-refractivity contribution >= 4 is 35.1 Å². The van der Waals surface area contributed by atoms with Gasteiger partial charge in [-0.2, -0.15) is 0 Å². The third kappa shape index (κ3) is 11.7. The SMILES string of the molecule is CC[NH+](CC)CCNC(=O)C(Nc1ccc(Cl)cc1)c1ccccc1.O=C([O-])/C=C\C(=O)O. The molecule has 0 aliphatic heterocycles. The summed E-state index contributed by atoms with van der Waals surface area (Å²) in [6, 6.07) is 16.7. The first-order chi connectivity index (χ1) is 15.8. The second-order valence-electron chi connectivity index (χ2n) is 6.98. The van der Waals surface area contributed by atoms with E-state index in [1.54, 1.807) is 0 Å². The maximum Gasteiger partial charge on any atom is 0.328 e. The highest BCUT2D eigenvalue weighted by molar-refractivity contribution is 6.30. The highest BCUT2D eigenvalue weighted by Crippen LogP contribution is 2.21. The van der Waals surface area contributed by atoms with E-state index in [9.17, 15) is 19.5 Å². The fourth-order valence-electron chi connectivity index (χ4n) is 2.87. The number of halogens is 1. The van der Waals surface area contributed by atoms with Gasteiger partial charge in [0.05, 0.1) is 32.1 Å². The van der Waals surface area contributed by atoms with E-state index in [0.717, 1.165) is 30.9 Å². The van der Waals surface area contributed by atoms with Crippen LogP contribution in [0.2, 0.25) is 5.02 Å². The minimum absolute atomic E-state index is 0.0206. The average molecular weight is 476 g/mol. The van der Waals surface area contributed by atoms with Gasteiger partial charge >= 0.3 is 5.97 Å². The minimum atomic E-state index is -1.51. The number of hydrogen-bond donors (Lipinski definition) is 4. The van der Waals surface area contributed by atoms with Crippen LogP contribution in [0.4, 0.5) is 5.69 Å². The maximum atomic E-state index is 12.8. The van der Waals surface area contributed by atoms with E-state index in [1.165, 1.54) is 4.90 Å². The molecule has 1 unspecified atom stereocenters. The van der Waals surface area contributed by atoms with Crippen molar-refractivity contribution in [2.24, 2.45) is 0 Å². The van der Waals surface area contributed by atoms with Crippen LogP contribution in [0.5, 0.6) is 0 Å². The predicted octanol–water partition coefficient (Wildman–Crippen LogP) is 0.911. The molecule has 0 radical (unpaired) electrons. The van der Waals surface area contributed by atoms with Crippen LogP contribution in [-0.4, -0.2) is 49.1 Å². The summed E-state index contributed by atoms with van der Waals surface area (Å²) >= 11 is 5.94. The number of aliphatic carboxylic acids is 2. The molecule has 0 aliphatic rings. The molecule has 178 valence electrons. The molecule has 2 aromatic carbocycles. The number of carboxylic acid groups (broad SMARTS) is 2. The van der Waals surface area contributed by atoms with Gasteiger partial charge in [0.25, 0.3) is 0 Å². The number of carbonyl (C=O) groups is 3. The largest absolute Gasteiger partial charge is 0.545 e. The lowest BCUT2D eigenvalue weighted by Crippen LogP contribution is -3.12. The fourth-order valence-corrected chi connectivity index (χ4v) is 2.99. The fraction of sp³-hybridized carbons (Fsp3) is 0.292. The lowest BCUT2D eigenvalue weighted by Gasteiger charge is -2.21. The number of hydrogen-bond acceptors (Lipinski definition) is 5. The Morgan fingerprint density at radius 1 is 1.03 bits per heavy atom. The third-order valence-corrected chi connectivity index (χ3v) is 4.94. The molecule has 2 aromatic rings. The van der Waals surface area contributed by atoms with E-state index < -0.39 is 18.0 Å². The van der Waals surface area contributed by atoms with Crippen molar-refractivity contribution in [1.82, 2.24) is 5.32 Å². The van der Waals surface area contributed by atoms with Gasteiger partial charge in [-0.25, -0.2) is 4.79 Å². The summed E-state index contributed by atoms with van der Waals surface area (Å²) in [7, 11) is 0. The minimum Gasteiger partial charge on any atom is -0.545 e. The van der Waals surface area contributed by atoms with Crippen LogP contribution < -0.4 is 20.6 Å². The summed E-state index contributed by atoms with van der Waals surface area (Å²) < 4.78 is 0. The molecular weight excluding hydrogens is 446 g/mol. The summed E-state index contributed by atoms with van der Waals surface area (Å²) in [6.45, 7) is 8.06. The van der Waals surface area contributed by atoms with Crippen molar-refractivity contribution in [3.8, 4) is 0 Å². The summed E-state index contributed by atoms with van der Waals surface area (Å²) in [6.07, 6.45) is 0.942. The molecule has 2 rings (SSSR count). The van der Waals surface area contributed by atoms with Crippen LogP contribution in [0.15, 0.2) is 66.7 Å². The van der Waals surface area contributed by atoms with Crippen molar-refractivity contribution in [1.29, 1.82) is 0 Å². The first-order valence-corrected chi connectivity index (χ1v) is 10.9. The molecule has 33 heavy (non-hydrogen) atoms. The normalized spacial score (nSPS) is 11.4. The van der Waals surface area contributed by atoms with Crippen LogP contribution in [-0.2, 0) is 14.4 Å². The highest BCUT2D eigenvalue weighted by Gasteiger charge is 2.20. The Balaban J connectivity index is 0.000000582. The second kappa shape index (κ2) is 15.4. The van der Waals surface area contributed by atoms with Crippen LogP contribution in [0, 0.1) is 0 Å². The zero-order valence-corrected chi connectivity index (χ0v) is 19.5.